The molecule has 0 atom stereocenters. The van der Waals surface area contributed by atoms with Gasteiger partial charge in [0.1, 0.15) is 5.82 Å². The van der Waals surface area contributed by atoms with E-state index >= 15 is 0 Å². The number of hydrogen-bond acceptors (Lipinski definition) is 4. The lowest BCUT2D eigenvalue weighted by atomic mass is 10.1. The van der Waals surface area contributed by atoms with Crippen LogP contribution in [0.25, 0.3) is 0 Å². The third kappa shape index (κ3) is 6.87. The molecule has 4 heteroatoms. The first-order chi connectivity index (χ1) is 9.51. The molecule has 0 saturated heterocycles. The fourth-order valence-corrected chi connectivity index (χ4v) is 2.20. The molecule has 0 radical (unpaired) electrons. The Morgan fingerprint density at radius 2 is 2.00 bits per heavy atom. The van der Waals surface area contributed by atoms with Crippen molar-refractivity contribution in [2.45, 2.75) is 27.3 Å². The lowest BCUT2D eigenvalue weighted by Crippen LogP contribution is -2.34. The van der Waals surface area contributed by atoms with E-state index in [1.54, 1.807) is 0 Å². The molecule has 0 aliphatic rings. The van der Waals surface area contributed by atoms with Gasteiger partial charge in [0.2, 0.25) is 0 Å². The first-order valence-corrected chi connectivity index (χ1v) is 7.57. The summed E-state index contributed by atoms with van der Waals surface area (Å²) >= 11 is 0. The summed E-state index contributed by atoms with van der Waals surface area (Å²) in [5.41, 5.74) is 1.33. The van der Waals surface area contributed by atoms with Gasteiger partial charge < -0.3 is 10.2 Å². The molecule has 1 heterocycles. The summed E-state index contributed by atoms with van der Waals surface area (Å²) < 4.78 is 0. The van der Waals surface area contributed by atoms with Crippen LogP contribution < -0.4 is 5.32 Å². The quantitative estimate of drug-likeness (QED) is 0.752. The Labute approximate surface area is 124 Å². The second-order valence-electron chi connectivity index (χ2n) is 6.01. The van der Waals surface area contributed by atoms with Gasteiger partial charge in [-0.2, -0.15) is 0 Å². The minimum absolute atomic E-state index is 0.687. The van der Waals surface area contributed by atoms with Crippen molar-refractivity contribution in [1.82, 2.24) is 14.8 Å². The highest BCUT2D eigenvalue weighted by Gasteiger charge is 2.09. The van der Waals surface area contributed by atoms with Crippen LogP contribution >= 0.6 is 0 Å². The van der Waals surface area contributed by atoms with Crippen molar-refractivity contribution in [3.8, 4) is 0 Å². The highest BCUT2D eigenvalue weighted by atomic mass is 15.2. The van der Waals surface area contributed by atoms with E-state index in [1.807, 2.05) is 6.20 Å². The van der Waals surface area contributed by atoms with Crippen LogP contribution in [0.5, 0.6) is 0 Å². The fraction of sp³-hybridized carbons (Fsp3) is 0.688. The number of nitrogens with zero attached hydrogens (tertiary/aromatic N) is 3. The molecule has 0 spiro atoms. The zero-order valence-electron chi connectivity index (χ0n) is 13.7. The Kier molecular flexibility index (Phi) is 7.55. The third-order valence-electron chi connectivity index (χ3n) is 3.08. The molecule has 114 valence electrons. The number of anilines is 1. The first-order valence-electron chi connectivity index (χ1n) is 7.57. The summed E-state index contributed by atoms with van der Waals surface area (Å²) in [6, 6.07) is 4.27. The van der Waals surface area contributed by atoms with Crippen LogP contribution in [0.3, 0.4) is 0 Å². The topological polar surface area (TPSA) is 31.4 Å². The van der Waals surface area contributed by atoms with Gasteiger partial charge in [-0.05, 0) is 44.6 Å². The predicted octanol–water partition coefficient (Wildman–Crippen LogP) is 2.53. The summed E-state index contributed by atoms with van der Waals surface area (Å²) in [4.78, 5) is 9.10. The van der Waals surface area contributed by atoms with Gasteiger partial charge in [-0.15, -0.1) is 0 Å². The summed E-state index contributed by atoms with van der Waals surface area (Å²) in [6.07, 6.45) is 1.90. The van der Waals surface area contributed by atoms with Crippen LogP contribution in [0.4, 0.5) is 5.82 Å². The Bertz CT molecular complexity index is 376. The lowest BCUT2D eigenvalue weighted by Gasteiger charge is -2.26. The van der Waals surface area contributed by atoms with Crippen molar-refractivity contribution in [1.29, 1.82) is 0 Å². The molecule has 0 bridgehead atoms. The van der Waals surface area contributed by atoms with Gasteiger partial charge in [0.25, 0.3) is 0 Å². The molecule has 0 aromatic carbocycles. The van der Waals surface area contributed by atoms with Crippen LogP contribution in [0, 0.1) is 5.92 Å². The zero-order valence-corrected chi connectivity index (χ0v) is 13.7. The molecule has 0 fully saturated rings. The van der Waals surface area contributed by atoms with Gasteiger partial charge in [-0.3, -0.25) is 4.90 Å². The van der Waals surface area contributed by atoms with Crippen molar-refractivity contribution in [2.75, 3.05) is 45.6 Å². The number of likely N-dealkylation sites (N-methyl/N-ethyl adjacent to an activating group) is 1. The van der Waals surface area contributed by atoms with Crippen molar-refractivity contribution < 1.29 is 0 Å². The van der Waals surface area contributed by atoms with Crippen LogP contribution in [-0.2, 0) is 6.54 Å². The average Bonchev–Trinajstić information content (AvgIpc) is 2.36. The predicted molar refractivity (Wildman–Crippen MR) is 87.1 cm³/mol. The smallest absolute Gasteiger partial charge is 0.126 e. The largest absolute Gasteiger partial charge is 0.370 e. The summed E-state index contributed by atoms with van der Waals surface area (Å²) in [6.45, 7) is 11.9. The van der Waals surface area contributed by atoms with E-state index in [0.29, 0.717) is 5.92 Å². The monoisotopic (exact) mass is 278 g/mol. The number of aromatic nitrogens is 1. The molecule has 1 rings (SSSR count). The molecular formula is C16H30N4. The van der Waals surface area contributed by atoms with Gasteiger partial charge in [0.15, 0.2) is 0 Å². The van der Waals surface area contributed by atoms with Crippen LogP contribution in [0.15, 0.2) is 18.3 Å². The summed E-state index contributed by atoms with van der Waals surface area (Å²) in [5, 5.41) is 3.27. The second-order valence-corrected chi connectivity index (χ2v) is 6.01. The number of pyridine rings is 1. The van der Waals surface area contributed by atoms with Gasteiger partial charge in [-0.25, -0.2) is 4.98 Å². The highest BCUT2D eigenvalue weighted by molar-refractivity contribution is 5.37. The molecule has 20 heavy (non-hydrogen) atoms. The van der Waals surface area contributed by atoms with E-state index < -0.39 is 0 Å². The highest BCUT2D eigenvalue weighted by Crippen LogP contribution is 2.11. The van der Waals surface area contributed by atoms with Crippen LogP contribution in [0.2, 0.25) is 0 Å². The fourth-order valence-electron chi connectivity index (χ4n) is 2.20. The van der Waals surface area contributed by atoms with Gasteiger partial charge in [-0.1, -0.05) is 13.8 Å². The maximum Gasteiger partial charge on any atom is 0.126 e. The second kappa shape index (κ2) is 8.93. The van der Waals surface area contributed by atoms with E-state index in [0.717, 1.165) is 38.5 Å². The zero-order chi connectivity index (χ0) is 15.0. The first kappa shape index (κ1) is 16.9. The van der Waals surface area contributed by atoms with Gasteiger partial charge >= 0.3 is 0 Å². The minimum atomic E-state index is 0.687. The average molecular weight is 278 g/mol. The van der Waals surface area contributed by atoms with E-state index in [9.17, 15) is 0 Å². The number of nitrogens with one attached hydrogen (secondary N) is 1. The Morgan fingerprint density at radius 1 is 1.25 bits per heavy atom. The van der Waals surface area contributed by atoms with Crippen LogP contribution in [-0.4, -0.2) is 55.1 Å². The van der Waals surface area contributed by atoms with E-state index in [4.69, 9.17) is 0 Å². The molecule has 0 aliphatic heterocycles. The van der Waals surface area contributed by atoms with Gasteiger partial charge in [0.05, 0.1) is 0 Å². The van der Waals surface area contributed by atoms with E-state index in [2.05, 4.69) is 67.1 Å². The number of rotatable bonds is 9. The molecule has 1 N–H and O–H groups in total. The number of hydrogen-bond donors (Lipinski definition) is 1. The molecular weight excluding hydrogens is 248 g/mol. The molecule has 0 unspecified atom stereocenters. The van der Waals surface area contributed by atoms with Crippen molar-refractivity contribution >= 4 is 5.82 Å². The third-order valence-corrected chi connectivity index (χ3v) is 3.08. The Morgan fingerprint density at radius 3 is 2.60 bits per heavy atom. The maximum absolute atomic E-state index is 4.33. The molecule has 4 nitrogen and oxygen atoms in total. The summed E-state index contributed by atoms with van der Waals surface area (Å²) in [7, 11) is 4.26. The van der Waals surface area contributed by atoms with Gasteiger partial charge in [0, 0.05) is 38.9 Å². The molecule has 1 aromatic rings. The standard InChI is InChI=1S/C16H30N4/c1-6-17-16-11-15(7-8-18-16)13-20(12-14(2)3)10-9-19(4)5/h7-8,11,14H,6,9-10,12-13H2,1-5H3,(H,17,18). The van der Waals surface area contributed by atoms with Crippen LogP contribution in [0.1, 0.15) is 26.3 Å². The molecule has 0 saturated carbocycles. The minimum Gasteiger partial charge on any atom is -0.370 e. The molecule has 1 aromatic heterocycles. The van der Waals surface area contributed by atoms with E-state index in [1.165, 1.54) is 5.56 Å². The van der Waals surface area contributed by atoms with Crippen molar-refractivity contribution in [3.05, 3.63) is 23.9 Å². The maximum atomic E-state index is 4.33. The Balaban J connectivity index is 2.64. The lowest BCUT2D eigenvalue weighted by molar-refractivity contribution is 0.211. The van der Waals surface area contributed by atoms with Crippen molar-refractivity contribution in [3.63, 3.8) is 0 Å². The van der Waals surface area contributed by atoms with Crippen molar-refractivity contribution in [2.24, 2.45) is 5.92 Å². The SMILES string of the molecule is CCNc1cc(CN(CCN(C)C)CC(C)C)ccn1. The molecule has 0 amide bonds. The molecule has 0 aliphatic carbocycles. The van der Waals surface area contributed by atoms with E-state index in [-0.39, 0.29) is 0 Å². The Hall–Kier alpha value is -1.13. The normalized spacial score (nSPS) is 11.6. The summed E-state index contributed by atoms with van der Waals surface area (Å²) in [5.74, 6) is 1.66.